The predicted octanol–water partition coefficient (Wildman–Crippen LogP) is 2.15. The molecule has 0 radical (unpaired) electrons. The van der Waals surface area contributed by atoms with E-state index in [-0.39, 0.29) is 16.8 Å². The number of carbonyl (C=O) groups is 1. The molecule has 0 aliphatic carbocycles. The summed E-state index contributed by atoms with van der Waals surface area (Å²) >= 11 is 0.917. The van der Waals surface area contributed by atoms with E-state index >= 15 is 0 Å². The van der Waals surface area contributed by atoms with Gasteiger partial charge in [0.15, 0.2) is 0 Å². The molecule has 19 heavy (non-hydrogen) atoms. The molecule has 2 aromatic rings. The van der Waals surface area contributed by atoms with E-state index in [0.717, 1.165) is 23.7 Å². The van der Waals surface area contributed by atoms with Crippen molar-refractivity contribution in [2.75, 3.05) is 5.32 Å². The minimum absolute atomic E-state index is 0.0294. The number of aromatic nitrogens is 2. The van der Waals surface area contributed by atoms with Crippen LogP contribution in [-0.2, 0) is 0 Å². The van der Waals surface area contributed by atoms with Crippen LogP contribution in [0.2, 0.25) is 0 Å². The third-order valence-electron chi connectivity index (χ3n) is 2.29. The first-order chi connectivity index (χ1) is 8.99. The number of halogens is 1. The molecule has 0 aliphatic heterocycles. The highest BCUT2D eigenvalue weighted by Gasteiger charge is 2.20. The number of anilines is 1. The summed E-state index contributed by atoms with van der Waals surface area (Å²) in [5, 5.41) is 16.9. The number of carbonyl (C=O) groups excluding carboxylic acids is 1. The first-order valence-corrected chi connectivity index (χ1v) is 5.79. The summed E-state index contributed by atoms with van der Waals surface area (Å²) in [6.07, 6.45) is 1.30. The van der Waals surface area contributed by atoms with Gasteiger partial charge >= 0.3 is 0 Å². The van der Waals surface area contributed by atoms with Crippen molar-refractivity contribution in [3.05, 3.63) is 45.4 Å². The molecule has 0 saturated carbocycles. The zero-order valence-electron chi connectivity index (χ0n) is 9.58. The molecule has 0 saturated heterocycles. The van der Waals surface area contributed by atoms with Gasteiger partial charge in [0.2, 0.25) is 0 Å². The molecule has 0 bridgehead atoms. The molecule has 0 aliphatic rings. The highest BCUT2D eigenvalue weighted by molar-refractivity contribution is 7.10. The number of non-ortho nitro benzene ring substituents is 1. The van der Waals surface area contributed by atoms with Gasteiger partial charge in [0.1, 0.15) is 10.8 Å². The standard InChI is InChI=1S/C10H7FN4O3S/c1-5-2-6(15(17)18)3-7(9(5)11)10(16)13-8-4-12-14-19-8/h2-4H,1H3,(H,13,16). The van der Waals surface area contributed by atoms with E-state index in [1.165, 1.54) is 13.1 Å². The molecule has 1 aromatic carbocycles. The van der Waals surface area contributed by atoms with Gasteiger partial charge in [-0.25, -0.2) is 4.39 Å². The molecule has 0 atom stereocenters. The minimum Gasteiger partial charge on any atom is -0.311 e. The van der Waals surface area contributed by atoms with Gasteiger partial charge in [0.05, 0.1) is 16.7 Å². The molecule has 0 unspecified atom stereocenters. The van der Waals surface area contributed by atoms with Gasteiger partial charge in [-0.3, -0.25) is 14.9 Å². The average Bonchev–Trinajstić information content (AvgIpc) is 2.84. The number of amides is 1. The van der Waals surface area contributed by atoms with Crippen molar-refractivity contribution >= 4 is 28.1 Å². The Morgan fingerprint density at radius 3 is 2.84 bits per heavy atom. The second kappa shape index (κ2) is 5.06. The van der Waals surface area contributed by atoms with Crippen LogP contribution in [0.15, 0.2) is 18.3 Å². The predicted molar refractivity (Wildman–Crippen MR) is 65.7 cm³/mol. The molecule has 1 amide bonds. The number of rotatable bonds is 3. The maximum Gasteiger partial charge on any atom is 0.270 e. The van der Waals surface area contributed by atoms with Crippen molar-refractivity contribution in [1.29, 1.82) is 0 Å². The Balaban J connectivity index is 2.38. The first kappa shape index (κ1) is 13.0. The lowest BCUT2D eigenvalue weighted by atomic mass is 10.1. The normalized spacial score (nSPS) is 10.2. The number of benzene rings is 1. The molecule has 98 valence electrons. The van der Waals surface area contributed by atoms with Crippen molar-refractivity contribution in [1.82, 2.24) is 9.59 Å². The molecule has 1 N–H and O–H groups in total. The van der Waals surface area contributed by atoms with Crippen LogP contribution < -0.4 is 5.32 Å². The summed E-state index contributed by atoms with van der Waals surface area (Å²) in [6.45, 7) is 1.35. The highest BCUT2D eigenvalue weighted by atomic mass is 32.1. The van der Waals surface area contributed by atoms with Crippen LogP contribution in [0.5, 0.6) is 0 Å². The third kappa shape index (κ3) is 2.71. The summed E-state index contributed by atoms with van der Waals surface area (Å²) in [7, 11) is 0. The molecular formula is C10H7FN4O3S. The zero-order valence-corrected chi connectivity index (χ0v) is 10.4. The highest BCUT2D eigenvalue weighted by Crippen LogP contribution is 2.22. The number of nitrogens with one attached hydrogen (secondary N) is 1. The Hall–Kier alpha value is -2.42. The molecule has 1 aromatic heterocycles. The van der Waals surface area contributed by atoms with Crippen molar-refractivity contribution in [2.24, 2.45) is 0 Å². The Morgan fingerprint density at radius 2 is 2.26 bits per heavy atom. The van der Waals surface area contributed by atoms with Crippen molar-refractivity contribution in [3.63, 3.8) is 0 Å². The van der Waals surface area contributed by atoms with Gasteiger partial charge in [0.25, 0.3) is 11.6 Å². The Labute approximate surface area is 110 Å². The van der Waals surface area contributed by atoms with Crippen LogP contribution in [0.4, 0.5) is 15.1 Å². The van der Waals surface area contributed by atoms with Gasteiger partial charge < -0.3 is 5.32 Å². The summed E-state index contributed by atoms with van der Waals surface area (Å²) in [4.78, 5) is 21.8. The molecule has 0 spiro atoms. The first-order valence-electron chi connectivity index (χ1n) is 5.02. The molecule has 9 heteroatoms. The maximum atomic E-state index is 13.8. The van der Waals surface area contributed by atoms with Crippen molar-refractivity contribution in [2.45, 2.75) is 6.92 Å². The average molecular weight is 282 g/mol. The van der Waals surface area contributed by atoms with E-state index < -0.39 is 16.6 Å². The third-order valence-corrected chi connectivity index (χ3v) is 2.87. The fourth-order valence-corrected chi connectivity index (χ4v) is 1.84. The number of hydrogen-bond acceptors (Lipinski definition) is 6. The van der Waals surface area contributed by atoms with Crippen molar-refractivity contribution in [3.8, 4) is 0 Å². The number of nitro groups is 1. The van der Waals surface area contributed by atoms with Crippen molar-refractivity contribution < 1.29 is 14.1 Å². The second-order valence-electron chi connectivity index (χ2n) is 3.62. The number of aryl methyl sites for hydroxylation is 1. The van der Waals surface area contributed by atoms with E-state index in [0.29, 0.717) is 5.00 Å². The maximum absolute atomic E-state index is 13.8. The number of hydrogen-bond donors (Lipinski definition) is 1. The van der Waals surface area contributed by atoms with Crippen LogP contribution >= 0.6 is 11.5 Å². The zero-order chi connectivity index (χ0) is 14.0. The lowest BCUT2D eigenvalue weighted by molar-refractivity contribution is -0.385. The summed E-state index contributed by atoms with van der Waals surface area (Å²) < 4.78 is 17.3. The molecule has 1 heterocycles. The smallest absolute Gasteiger partial charge is 0.270 e. The van der Waals surface area contributed by atoms with E-state index in [2.05, 4.69) is 14.9 Å². The SMILES string of the molecule is Cc1cc([N+](=O)[O-])cc(C(=O)Nc2cnns2)c1F. The topological polar surface area (TPSA) is 98.0 Å². The summed E-state index contributed by atoms with van der Waals surface area (Å²) in [5.41, 5.74) is -0.701. The van der Waals surface area contributed by atoms with E-state index in [1.54, 1.807) is 0 Å². The van der Waals surface area contributed by atoms with Gasteiger partial charge in [0, 0.05) is 23.7 Å². The molecular weight excluding hydrogens is 275 g/mol. The molecule has 0 fully saturated rings. The monoisotopic (exact) mass is 282 g/mol. The number of nitro benzene ring substituents is 1. The van der Waals surface area contributed by atoms with Gasteiger partial charge in [-0.2, -0.15) is 0 Å². The minimum atomic E-state index is -0.791. The van der Waals surface area contributed by atoms with Crippen LogP contribution in [0.25, 0.3) is 0 Å². The van der Waals surface area contributed by atoms with Crippen LogP contribution in [0.1, 0.15) is 15.9 Å². The molecule has 7 nitrogen and oxygen atoms in total. The second-order valence-corrected chi connectivity index (χ2v) is 4.40. The fraction of sp³-hybridized carbons (Fsp3) is 0.100. The largest absolute Gasteiger partial charge is 0.311 e. The van der Waals surface area contributed by atoms with Gasteiger partial charge in [-0.05, 0) is 12.5 Å². The lowest BCUT2D eigenvalue weighted by Crippen LogP contribution is -2.14. The number of nitrogens with zero attached hydrogens (tertiary/aromatic N) is 3. The van der Waals surface area contributed by atoms with Crippen LogP contribution in [0, 0.1) is 22.9 Å². The van der Waals surface area contributed by atoms with Gasteiger partial charge in [-0.1, -0.05) is 4.49 Å². The lowest BCUT2D eigenvalue weighted by Gasteiger charge is -2.05. The van der Waals surface area contributed by atoms with E-state index in [1.807, 2.05) is 0 Å². The molecule has 2 rings (SSSR count). The summed E-state index contributed by atoms with van der Waals surface area (Å²) in [5.74, 6) is -1.57. The Bertz CT molecular complexity index is 644. The van der Waals surface area contributed by atoms with Crippen LogP contribution in [-0.4, -0.2) is 20.4 Å². The van der Waals surface area contributed by atoms with Crippen LogP contribution in [0.3, 0.4) is 0 Å². The van der Waals surface area contributed by atoms with E-state index in [9.17, 15) is 19.3 Å². The quantitative estimate of drug-likeness (QED) is 0.687. The van der Waals surface area contributed by atoms with Gasteiger partial charge in [-0.15, -0.1) is 5.10 Å². The summed E-state index contributed by atoms with van der Waals surface area (Å²) in [6, 6.07) is 1.96. The van der Waals surface area contributed by atoms with E-state index in [4.69, 9.17) is 0 Å². The fourth-order valence-electron chi connectivity index (χ4n) is 1.42. The Kier molecular flexibility index (Phi) is 3.47. The Morgan fingerprint density at radius 1 is 1.53 bits per heavy atom.